The van der Waals surface area contributed by atoms with Crippen LogP contribution in [0.25, 0.3) is 0 Å². The third kappa shape index (κ3) is 20.9. The maximum atomic E-state index is 3.81. The molecule has 0 radical (unpaired) electrons. The molecule has 0 fully saturated rings. The van der Waals surface area contributed by atoms with Crippen molar-refractivity contribution in [3.63, 3.8) is 0 Å². The van der Waals surface area contributed by atoms with Crippen molar-refractivity contribution in [2.45, 2.75) is 41.5 Å². The lowest BCUT2D eigenvalue weighted by molar-refractivity contribution is 0.654. The van der Waals surface area contributed by atoms with Gasteiger partial charge in [-0.2, -0.15) is 10.2 Å². The maximum absolute atomic E-state index is 3.81. The quantitative estimate of drug-likeness (QED) is 0.216. The smallest absolute Gasteiger partial charge is 0.174 e. The second kappa shape index (κ2) is 22.8. The second-order valence-corrected chi connectivity index (χ2v) is 6.99. The summed E-state index contributed by atoms with van der Waals surface area (Å²) in [5.74, 6) is 2.77. The Kier molecular flexibility index (Phi) is 18.4. The summed E-state index contributed by atoms with van der Waals surface area (Å²) in [6.07, 6.45) is 13.6. The number of hydrogen-bond donors (Lipinski definition) is 0. The highest BCUT2D eigenvalue weighted by Crippen LogP contribution is 1.78. The van der Waals surface area contributed by atoms with E-state index in [1.54, 1.807) is 38.6 Å². The molecular formula is C21H27N21. The highest BCUT2D eigenvalue weighted by atomic mass is 15.5. The lowest BCUT2D eigenvalue weighted by atomic mass is 10.6. The SMILES string of the molecule is Cc1cnncn1.Cc1cnnnn1.Cc1nccnn1.Cc1ncncn1.Cc1ncncn1.Cc1nnnnn1. The van der Waals surface area contributed by atoms with Crippen molar-refractivity contribution in [2.24, 2.45) is 0 Å². The van der Waals surface area contributed by atoms with Gasteiger partial charge < -0.3 is 0 Å². The van der Waals surface area contributed by atoms with Crippen LogP contribution in [0.4, 0.5) is 0 Å². The van der Waals surface area contributed by atoms with Crippen LogP contribution in [0.3, 0.4) is 0 Å². The average molecular weight is 574 g/mol. The number of aromatic nitrogens is 21. The van der Waals surface area contributed by atoms with Crippen LogP contribution in [0.15, 0.2) is 56.4 Å². The molecule has 0 N–H and O–H groups in total. The van der Waals surface area contributed by atoms with Crippen molar-refractivity contribution in [2.75, 3.05) is 0 Å². The van der Waals surface area contributed by atoms with Gasteiger partial charge in [0.1, 0.15) is 49.1 Å². The lowest BCUT2D eigenvalue weighted by Gasteiger charge is -1.80. The van der Waals surface area contributed by atoms with Crippen molar-refractivity contribution < 1.29 is 0 Å². The Morgan fingerprint density at radius 2 is 0.929 bits per heavy atom. The van der Waals surface area contributed by atoms with Gasteiger partial charge in [-0.1, -0.05) is 0 Å². The van der Waals surface area contributed by atoms with Crippen LogP contribution in [-0.4, -0.2) is 107 Å². The lowest BCUT2D eigenvalue weighted by Crippen LogP contribution is -1.96. The van der Waals surface area contributed by atoms with Crippen molar-refractivity contribution in [1.29, 1.82) is 0 Å². The monoisotopic (exact) mass is 573 g/mol. The van der Waals surface area contributed by atoms with Crippen LogP contribution < -0.4 is 0 Å². The molecular weight excluding hydrogens is 546 g/mol. The Morgan fingerprint density at radius 1 is 0.357 bits per heavy atom. The van der Waals surface area contributed by atoms with Gasteiger partial charge in [0, 0.05) is 6.20 Å². The van der Waals surface area contributed by atoms with E-state index in [0.29, 0.717) is 11.6 Å². The third-order valence-corrected chi connectivity index (χ3v) is 3.46. The van der Waals surface area contributed by atoms with E-state index in [-0.39, 0.29) is 0 Å². The van der Waals surface area contributed by atoms with E-state index in [2.05, 4.69) is 107 Å². The summed E-state index contributed by atoms with van der Waals surface area (Å²) >= 11 is 0. The highest BCUT2D eigenvalue weighted by molar-refractivity contribution is 4.84. The van der Waals surface area contributed by atoms with E-state index in [9.17, 15) is 0 Å². The molecule has 0 atom stereocenters. The van der Waals surface area contributed by atoms with Gasteiger partial charge in [0.15, 0.2) is 5.82 Å². The van der Waals surface area contributed by atoms with Gasteiger partial charge in [0.2, 0.25) is 0 Å². The summed E-state index contributed by atoms with van der Waals surface area (Å²) < 4.78 is 0. The van der Waals surface area contributed by atoms with Crippen LogP contribution in [0, 0.1) is 41.5 Å². The first-order valence-electron chi connectivity index (χ1n) is 11.6. The zero-order valence-electron chi connectivity index (χ0n) is 23.6. The predicted octanol–water partition coefficient (Wildman–Crippen LogP) is -0.735. The molecule has 0 aliphatic carbocycles. The molecule has 21 heteroatoms. The molecule has 6 aromatic heterocycles. The van der Waals surface area contributed by atoms with Crippen LogP contribution in [0.2, 0.25) is 0 Å². The van der Waals surface area contributed by atoms with E-state index < -0.39 is 0 Å². The summed E-state index contributed by atoms with van der Waals surface area (Å²) in [5, 5.41) is 44.2. The molecule has 6 heterocycles. The second-order valence-electron chi connectivity index (χ2n) is 6.99. The van der Waals surface area contributed by atoms with Gasteiger partial charge in [0.05, 0.1) is 30.0 Å². The fraction of sp³-hybridized carbons (Fsp3) is 0.286. The van der Waals surface area contributed by atoms with Crippen molar-refractivity contribution in [1.82, 2.24) is 107 Å². The largest absolute Gasteiger partial charge is 0.238 e. The van der Waals surface area contributed by atoms with E-state index in [1.807, 2.05) is 27.7 Å². The summed E-state index contributed by atoms with van der Waals surface area (Å²) in [5.41, 5.74) is 1.69. The van der Waals surface area contributed by atoms with Gasteiger partial charge >= 0.3 is 0 Å². The molecule has 0 aliphatic heterocycles. The average Bonchev–Trinajstić information content (AvgIpc) is 3.01. The maximum Gasteiger partial charge on any atom is 0.174 e. The predicted molar refractivity (Wildman–Crippen MR) is 141 cm³/mol. The first kappa shape index (κ1) is 33.9. The molecule has 0 amide bonds. The molecule has 0 aliphatic rings. The van der Waals surface area contributed by atoms with Crippen molar-refractivity contribution in [3.05, 3.63) is 91.1 Å². The van der Waals surface area contributed by atoms with Gasteiger partial charge in [0.25, 0.3) is 0 Å². The highest BCUT2D eigenvalue weighted by Gasteiger charge is 1.80. The minimum atomic E-state index is 0.537. The van der Waals surface area contributed by atoms with Crippen LogP contribution in [0.5, 0.6) is 0 Å². The van der Waals surface area contributed by atoms with E-state index in [1.165, 1.54) is 31.6 Å². The molecule has 0 unspecified atom stereocenters. The normalized spacial score (nSPS) is 8.71. The van der Waals surface area contributed by atoms with E-state index in [4.69, 9.17) is 0 Å². The molecule has 216 valence electrons. The third-order valence-electron chi connectivity index (χ3n) is 3.46. The Morgan fingerprint density at radius 3 is 1.17 bits per heavy atom. The molecule has 0 saturated heterocycles. The summed E-state index contributed by atoms with van der Waals surface area (Å²) in [6.45, 7) is 10.8. The zero-order chi connectivity index (χ0) is 30.7. The molecule has 42 heavy (non-hydrogen) atoms. The molecule has 6 aromatic rings. The number of rotatable bonds is 0. The molecule has 21 nitrogen and oxygen atoms in total. The fourth-order valence-corrected chi connectivity index (χ4v) is 1.66. The van der Waals surface area contributed by atoms with Gasteiger partial charge in [-0.15, -0.1) is 30.6 Å². The Bertz CT molecular complexity index is 1110. The molecule has 0 spiro atoms. The molecule has 0 saturated carbocycles. The standard InChI is InChI=1S/4C4H5N3.C3H4N4.C2H3N5/c2*1-4-6-2-5-3-7-4;1-4-2-6-7-3-5-4;1-4-5-2-3-6-7-4;1-3-2-4-6-7-5-3;1-2-3-5-7-6-4-2/h4*2-3H,1H3;2H,1H3;1H3. The summed E-state index contributed by atoms with van der Waals surface area (Å²) in [6, 6.07) is 0. The topological polar surface area (TPSA) is 271 Å². The number of aryl methyl sites for hydroxylation is 6. The summed E-state index contributed by atoms with van der Waals surface area (Å²) in [4.78, 5) is 29.9. The molecule has 0 bridgehead atoms. The molecule has 0 aromatic carbocycles. The minimum Gasteiger partial charge on any atom is -0.238 e. The van der Waals surface area contributed by atoms with E-state index in [0.717, 1.165) is 23.0 Å². The number of nitrogens with zero attached hydrogens (tertiary/aromatic N) is 21. The Balaban J connectivity index is 0.000000252. The Labute approximate surface area is 239 Å². The van der Waals surface area contributed by atoms with Crippen LogP contribution >= 0.6 is 0 Å². The van der Waals surface area contributed by atoms with Crippen LogP contribution in [-0.2, 0) is 0 Å². The van der Waals surface area contributed by atoms with Gasteiger partial charge in [-0.05, 0) is 67.6 Å². The van der Waals surface area contributed by atoms with E-state index >= 15 is 0 Å². The zero-order valence-corrected chi connectivity index (χ0v) is 23.6. The first-order chi connectivity index (χ1) is 20.4. The Hall–Kier alpha value is -6.15. The minimum absolute atomic E-state index is 0.537. The molecule has 6 rings (SSSR count). The first-order valence-corrected chi connectivity index (χ1v) is 11.6. The summed E-state index contributed by atoms with van der Waals surface area (Å²) in [7, 11) is 0. The van der Waals surface area contributed by atoms with Crippen molar-refractivity contribution >= 4 is 0 Å². The van der Waals surface area contributed by atoms with Crippen molar-refractivity contribution in [3.8, 4) is 0 Å². The number of hydrogen-bond acceptors (Lipinski definition) is 21. The van der Waals surface area contributed by atoms with Crippen LogP contribution in [0.1, 0.15) is 34.7 Å². The fourth-order valence-electron chi connectivity index (χ4n) is 1.66. The van der Waals surface area contributed by atoms with Gasteiger partial charge in [-0.25, -0.2) is 39.9 Å². The van der Waals surface area contributed by atoms with Gasteiger partial charge in [-0.3, -0.25) is 0 Å².